The molecule has 17 heavy (non-hydrogen) atoms. The molecule has 0 aliphatic carbocycles. The van der Waals surface area contributed by atoms with Crippen molar-refractivity contribution in [2.24, 2.45) is 11.0 Å². The second kappa shape index (κ2) is 3.85. The Balaban J connectivity index is 1.97. The molecule has 0 amide bonds. The van der Waals surface area contributed by atoms with E-state index < -0.39 is 0 Å². The van der Waals surface area contributed by atoms with Gasteiger partial charge in [-0.1, -0.05) is 13.8 Å². The molecular weight excluding hydrogens is 214 g/mol. The highest BCUT2D eigenvalue weighted by Gasteiger charge is 2.29. The molecule has 1 aromatic rings. The van der Waals surface area contributed by atoms with Crippen LogP contribution in [0.25, 0.3) is 6.08 Å². The lowest BCUT2D eigenvalue weighted by molar-refractivity contribution is 0.196. The maximum absolute atomic E-state index is 4.29. The average molecular weight is 229 g/mol. The number of aromatic nitrogens is 1. The highest BCUT2D eigenvalue weighted by atomic mass is 15.9. The van der Waals surface area contributed by atoms with Crippen molar-refractivity contribution in [2.45, 2.75) is 13.8 Å². The van der Waals surface area contributed by atoms with Crippen molar-refractivity contribution in [3.63, 3.8) is 0 Å². The van der Waals surface area contributed by atoms with Crippen molar-refractivity contribution in [1.29, 1.82) is 0 Å². The van der Waals surface area contributed by atoms with Gasteiger partial charge in [-0.15, -0.1) is 10.2 Å². The number of nitrogens with one attached hydrogen (secondary N) is 1. The van der Waals surface area contributed by atoms with Gasteiger partial charge in [0.25, 0.3) is 0 Å². The first-order valence-electron chi connectivity index (χ1n) is 5.78. The summed E-state index contributed by atoms with van der Waals surface area (Å²) in [6, 6.07) is 2.01. The Morgan fingerprint density at radius 2 is 2.24 bits per heavy atom. The van der Waals surface area contributed by atoms with E-state index in [2.05, 4.69) is 40.6 Å². The minimum absolute atomic E-state index is 0.558. The highest BCUT2D eigenvalue weighted by molar-refractivity contribution is 6.11. The third-order valence-corrected chi connectivity index (χ3v) is 2.75. The van der Waals surface area contributed by atoms with Crippen molar-refractivity contribution in [2.75, 3.05) is 11.6 Å². The van der Waals surface area contributed by atoms with Gasteiger partial charge in [0.15, 0.2) is 5.84 Å². The first kappa shape index (κ1) is 10.3. The van der Waals surface area contributed by atoms with Crippen LogP contribution in [0, 0.1) is 5.92 Å². The number of fused-ring (bicyclic) bond motifs is 3. The lowest BCUT2D eigenvalue weighted by Gasteiger charge is -2.31. The topological polar surface area (TPSA) is 43.8 Å². The normalized spacial score (nSPS) is 17.8. The van der Waals surface area contributed by atoms with Crippen molar-refractivity contribution < 1.29 is 0 Å². The van der Waals surface area contributed by atoms with E-state index in [1.165, 1.54) is 0 Å². The molecule has 0 fully saturated rings. The van der Waals surface area contributed by atoms with Crippen LogP contribution in [0.4, 0.5) is 5.69 Å². The van der Waals surface area contributed by atoms with Crippen LogP contribution in [0.15, 0.2) is 29.6 Å². The van der Waals surface area contributed by atoms with Crippen molar-refractivity contribution in [1.82, 2.24) is 15.6 Å². The van der Waals surface area contributed by atoms with Crippen molar-refractivity contribution in [3.8, 4) is 0 Å². The minimum atomic E-state index is 0.558. The summed E-state index contributed by atoms with van der Waals surface area (Å²) < 4.78 is 0. The Hall–Kier alpha value is -1.88. The summed E-state index contributed by atoms with van der Waals surface area (Å²) in [7, 11) is 0. The van der Waals surface area contributed by atoms with E-state index in [4.69, 9.17) is 0 Å². The molecule has 2 aliphatic heterocycles. The van der Waals surface area contributed by atoms with Crippen LogP contribution < -0.4 is 10.5 Å². The fourth-order valence-electron chi connectivity index (χ4n) is 2.03. The van der Waals surface area contributed by atoms with Crippen LogP contribution in [0.2, 0.25) is 0 Å². The zero-order chi connectivity index (χ0) is 11.8. The molecule has 0 spiro atoms. The van der Waals surface area contributed by atoms with Gasteiger partial charge < -0.3 is 0 Å². The Bertz CT molecular complexity index is 491. The fraction of sp³-hybridized carbons (Fsp3) is 0.333. The molecule has 1 N–H and O–H groups in total. The molecule has 0 aromatic carbocycles. The number of rotatable bonds is 2. The fourth-order valence-corrected chi connectivity index (χ4v) is 2.03. The molecule has 0 saturated carbocycles. The highest BCUT2D eigenvalue weighted by Crippen LogP contribution is 2.28. The molecule has 0 atom stereocenters. The maximum atomic E-state index is 4.29. The lowest BCUT2D eigenvalue weighted by atomic mass is 10.1. The maximum Gasteiger partial charge on any atom is 0.170 e. The number of amidine groups is 1. The zero-order valence-electron chi connectivity index (χ0n) is 9.96. The van der Waals surface area contributed by atoms with Crippen LogP contribution in [-0.4, -0.2) is 22.5 Å². The second-order valence-electron chi connectivity index (χ2n) is 4.63. The summed E-state index contributed by atoms with van der Waals surface area (Å²) in [5.41, 5.74) is 5.27. The van der Waals surface area contributed by atoms with Gasteiger partial charge in [0, 0.05) is 18.3 Å². The number of nitrogens with zero attached hydrogens (tertiary/aromatic N) is 4. The number of hydrazine groups is 2. The molecule has 1 aromatic heterocycles. The molecule has 5 heteroatoms. The molecule has 88 valence electrons. The molecular formula is C12H15N5. The summed E-state index contributed by atoms with van der Waals surface area (Å²) in [5, 5.41) is 8.38. The number of hydrazone groups is 1. The van der Waals surface area contributed by atoms with E-state index in [0.29, 0.717) is 5.92 Å². The third kappa shape index (κ3) is 1.68. The van der Waals surface area contributed by atoms with Crippen LogP contribution >= 0.6 is 0 Å². The minimum Gasteiger partial charge on any atom is -0.262 e. The Labute approximate surface area is 100 Å². The van der Waals surface area contributed by atoms with Gasteiger partial charge in [0.05, 0.1) is 11.9 Å². The van der Waals surface area contributed by atoms with Crippen LogP contribution in [0.3, 0.4) is 0 Å². The van der Waals surface area contributed by atoms with E-state index in [-0.39, 0.29) is 0 Å². The summed E-state index contributed by atoms with van der Waals surface area (Å²) in [4.78, 5) is 4.19. The molecule has 0 saturated heterocycles. The largest absolute Gasteiger partial charge is 0.262 e. The monoisotopic (exact) mass is 229 g/mol. The van der Waals surface area contributed by atoms with Crippen molar-refractivity contribution in [3.05, 3.63) is 30.1 Å². The second-order valence-corrected chi connectivity index (χ2v) is 4.63. The van der Waals surface area contributed by atoms with E-state index >= 15 is 0 Å². The molecule has 0 bridgehead atoms. The summed E-state index contributed by atoms with van der Waals surface area (Å²) in [6.07, 6.45) is 7.75. The SMILES string of the molecule is CC(C)CN1NN=C2C=Cc3ccncc3N21. The molecule has 3 heterocycles. The predicted octanol–water partition coefficient (Wildman–Crippen LogP) is 1.62. The molecule has 0 unspecified atom stereocenters. The van der Waals surface area contributed by atoms with Gasteiger partial charge in [-0.05, 0) is 24.1 Å². The van der Waals surface area contributed by atoms with Gasteiger partial charge in [-0.25, -0.2) is 10.5 Å². The van der Waals surface area contributed by atoms with E-state index in [1.807, 2.05) is 29.7 Å². The van der Waals surface area contributed by atoms with Gasteiger partial charge >= 0.3 is 0 Å². The first-order chi connectivity index (χ1) is 8.25. The van der Waals surface area contributed by atoms with Crippen molar-refractivity contribution >= 4 is 17.6 Å². The molecule has 0 radical (unpaired) electrons. The summed E-state index contributed by atoms with van der Waals surface area (Å²) >= 11 is 0. The Kier molecular flexibility index (Phi) is 2.33. The van der Waals surface area contributed by atoms with Gasteiger partial charge in [-0.3, -0.25) is 4.98 Å². The molecule has 5 nitrogen and oxygen atoms in total. The Morgan fingerprint density at radius 1 is 1.35 bits per heavy atom. The number of hydrogen-bond donors (Lipinski definition) is 1. The standard InChI is InChI=1S/C12H15N5/c1-9(2)8-16-15-14-12-4-3-10-5-6-13-7-11(10)17(12)16/h3-7,9,15H,8H2,1-2H3. The first-order valence-corrected chi connectivity index (χ1v) is 5.78. The molecule has 3 rings (SSSR count). The smallest absolute Gasteiger partial charge is 0.170 e. The number of pyridine rings is 1. The van der Waals surface area contributed by atoms with Gasteiger partial charge in [0.1, 0.15) is 0 Å². The summed E-state index contributed by atoms with van der Waals surface area (Å²) in [6.45, 7) is 5.27. The Morgan fingerprint density at radius 3 is 3.06 bits per heavy atom. The lowest BCUT2D eigenvalue weighted by Crippen LogP contribution is -2.48. The van der Waals surface area contributed by atoms with Crippen LogP contribution in [0.1, 0.15) is 19.4 Å². The van der Waals surface area contributed by atoms with Gasteiger partial charge in [-0.2, -0.15) is 0 Å². The van der Waals surface area contributed by atoms with E-state index in [1.54, 1.807) is 0 Å². The average Bonchev–Trinajstić information content (AvgIpc) is 2.72. The zero-order valence-corrected chi connectivity index (χ0v) is 9.96. The van der Waals surface area contributed by atoms with Crippen LogP contribution in [0.5, 0.6) is 0 Å². The van der Waals surface area contributed by atoms with E-state index in [0.717, 1.165) is 23.6 Å². The third-order valence-electron chi connectivity index (χ3n) is 2.75. The predicted molar refractivity (Wildman–Crippen MR) is 67.9 cm³/mol. The van der Waals surface area contributed by atoms with Gasteiger partial charge in [0.2, 0.25) is 0 Å². The number of hydrogen-bond acceptors (Lipinski definition) is 5. The summed E-state index contributed by atoms with van der Waals surface area (Å²) in [5.74, 6) is 1.47. The van der Waals surface area contributed by atoms with Crippen LogP contribution in [-0.2, 0) is 0 Å². The number of anilines is 1. The molecule has 2 aliphatic rings. The quantitative estimate of drug-likeness (QED) is 0.837. The van der Waals surface area contributed by atoms with E-state index in [9.17, 15) is 0 Å².